The monoisotopic (exact) mass is 245 g/mol. The van der Waals surface area contributed by atoms with E-state index in [-0.39, 0.29) is 5.91 Å². The molecule has 1 saturated carbocycles. The van der Waals surface area contributed by atoms with Crippen molar-refractivity contribution in [1.82, 2.24) is 15.5 Å². The van der Waals surface area contributed by atoms with Crippen LogP contribution in [-0.4, -0.2) is 28.7 Å². The van der Waals surface area contributed by atoms with E-state index in [1.165, 1.54) is 6.20 Å². The third-order valence-electron chi connectivity index (χ3n) is 2.66. The van der Waals surface area contributed by atoms with E-state index in [9.17, 15) is 4.79 Å². The lowest BCUT2D eigenvalue weighted by Crippen LogP contribution is -2.25. The molecular weight excluding hydrogens is 230 g/mol. The van der Waals surface area contributed by atoms with Crippen LogP contribution >= 0.6 is 0 Å². The summed E-state index contributed by atoms with van der Waals surface area (Å²) in [4.78, 5) is 11.4. The Labute approximate surface area is 105 Å². The first-order valence-corrected chi connectivity index (χ1v) is 6.04. The number of aromatic nitrogens is 2. The number of hydrogen-bond donors (Lipinski definition) is 2. The second-order valence-corrected chi connectivity index (χ2v) is 4.28. The molecule has 1 aliphatic rings. The fraction of sp³-hybridized carbons (Fsp3) is 0.500. The van der Waals surface area contributed by atoms with Gasteiger partial charge in [-0.3, -0.25) is 4.79 Å². The van der Waals surface area contributed by atoms with Crippen LogP contribution in [0.1, 0.15) is 31.2 Å². The van der Waals surface area contributed by atoms with Gasteiger partial charge in [0.15, 0.2) is 5.82 Å². The minimum absolute atomic E-state index is 0.0963. The van der Waals surface area contributed by atoms with Crippen LogP contribution < -0.4 is 10.6 Å². The Morgan fingerprint density at radius 3 is 3.11 bits per heavy atom. The second-order valence-electron chi connectivity index (χ2n) is 4.28. The predicted molar refractivity (Wildman–Crippen MR) is 65.6 cm³/mol. The Balaban J connectivity index is 1.68. The number of nitrogens with zero attached hydrogens (tertiary/aromatic N) is 3. The van der Waals surface area contributed by atoms with Crippen molar-refractivity contribution < 1.29 is 4.79 Å². The van der Waals surface area contributed by atoms with Crippen molar-refractivity contribution in [2.45, 2.75) is 31.7 Å². The number of nitrogens with one attached hydrogen (secondary N) is 2. The molecule has 1 aromatic rings. The molecule has 1 aliphatic carbocycles. The highest BCUT2D eigenvalue weighted by Crippen LogP contribution is 2.18. The summed E-state index contributed by atoms with van der Waals surface area (Å²) in [5, 5.41) is 22.3. The number of rotatable bonds is 6. The van der Waals surface area contributed by atoms with E-state index < -0.39 is 0 Å². The summed E-state index contributed by atoms with van der Waals surface area (Å²) in [6.45, 7) is 0.603. The van der Waals surface area contributed by atoms with E-state index in [1.54, 1.807) is 6.07 Å². The molecule has 0 aliphatic heterocycles. The molecule has 0 unspecified atom stereocenters. The van der Waals surface area contributed by atoms with E-state index in [0.717, 1.165) is 12.8 Å². The van der Waals surface area contributed by atoms with E-state index in [4.69, 9.17) is 5.26 Å². The third kappa shape index (κ3) is 3.70. The Kier molecular flexibility index (Phi) is 4.07. The first kappa shape index (κ1) is 12.3. The molecule has 0 saturated heterocycles. The smallest absolute Gasteiger partial charge is 0.220 e. The lowest BCUT2D eigenvalue weighted by Gasteiger charge is -2.06. The van der Waals surface area contributed by atoms with Crippen molar-refractivity contribution in [3.05, 3.63) is 17.8 Å². The average Bonchev–Trinajstić information content (AvgIpc) is 3.19. The highest BCUT2D eigenvalue weighted by atomic mass is 16.1. The zero-order valence-corrected chi connectivity index (χ0v) is 10.0. The molecule has 0 spiro atoms. The predicted octanol–water partition coefficient (Wildman–Crippen LogP) is 0.819. The van der Waals surface area contributed by atoms with Gasteiger partial charge in [0.2, 0.25) is 5.91 Å². The number of hydrogen-bond acceptors (Lipinski definition) is 5. The maximum atomic E-state index is 11.4. The maximum absolute atomic E-state index is 11.4. The number of nitriles is 1. The van der Waals surface area contributed by atoms with E-state index in [1.807, 2.05) is 6.07 Å². The molecule has 18 heavy (non-hydrogen) atoms. The second kappa shape index (κ2) is 5.96. The molecule has 1 amide bonds. The zero-order valence-electron chi connectivity index (χ0n) is 10.0. The molecule has 2 rings (SSSR count). The van der Waals surface area contributed by atoms with Gasteiger partial charge in [0.05, 0.1) is 11.8 Å². The molecule has 1 aromatic heterocycles. The van der Waals surface area contributed by atoms with Gasteiger partial charge in [-0.05, 0) is 25.3 Å². The summed E-state index contributed by atoms with van der Waals surface area (Å²) in [5.41, 5.74) is 0.465. The SMILES string of the molecule is N#Cc1ccnnc1NCCCC(=O)NC1CC1. The van der Waals surface area contributed by atoms with Gasteiger partial charge in [-0.1, -0.05) is 0 Å². The first-order chi connectivity index (χ1) is 8.79. The average molecular weight is 245 g/mol. The van der Waals surface area contributed by atoms with Crippen LogP contribution in [0.5, 0.6) is 0 Å². The van der Waals surface area contributed by atoms with Crippen LogP contribution in [0.3, 0.4) is 0 Å². The number of carbonyl (C=O) groups is 1. The normalized spacial score (nSPS) is 13.7. The summed E-state index contributed by atoms with van der Waals surface area (Å²) in [6.07, 6.45) is 4.89. The minimum Gasteiger partial charge on any atom is -0.367 e. The molecule has 0 radical (unpaired) electrons. The van der Waals surface area contributed by atoms with E-state index in [2.05, 4.69) is 20.8 Å². The van der Waals surface area contributed by atoms with Gasteiger partial charge >= 0.3 is 0 Å². The van der Waals surface area contributed by atoms with Crippen LogP contribution in [0.2, 0.25) is 0 Å². The molecule has 6 heteroatoms. The topological polar surface area (TPSA) is 90.7 Å². The summed E-state index contributed by atoms with van der Waals surface area (Å²) < 4.78 is 0. The molecule has 1 fully saturated rings. The van der Waals surface area contributed by atoms with Crippen molar-refractivity contribution in [3.8, 4) is 6.07 Å². The minimum atomic E-state index is 0.0963. The molecule has 0 atom stereocenters. The summed E-state index contributed by atoms with van der Waals surface area (Å²) in [7, 11) is 0. The van der Waals surface area contributed by atoms with Gasteiger partial charge in [-0.2, -0.15) is 10.4 Å². The van der Waals surface area contributed by atoms with Gasteiger partial charge in [0.25, 0.3) is 0 Å². The van der Waals surface area contributed by atoms with Gasteiger partial charge in [0, 0.05) is 19.0 Å². The maximum Gasteiger partial charge on any atom is 0.220 e. The molecule has 2 N–H and O–H groups in total. The zero-order chi connectivity index (χ0) is 12.8. The van der Waals surface area contributed by atoms with Crippen LogP contribution in [0.25, 0.3) is 0 Å². The Morgan fingerprint density at radius 1 is 1.56 bits per heavy atom. The van der Waals surface area contributed by atoms with Gasteiger partial charge in [-0.15, -0.1) is 5.10 Å². The number of carbonyl (C=O) groups excluding carboxylic acids is 1. The molecule has 94 valence electrons. The van der Waals surface area contributed by atoms with E-state index >= 15 is 0 Å². The molecule has 1 heterocycles. The van der Waals surface area contributed by atoms with Gasteiger partial charge < -0.3 is 10.6 Å². The van der Waals surface area contributed by atoms with Crippen molar-refractivity contribution in [3.63, 3.8) is 0 Å². The molecule has 0 bridgehead atoms. The van der Waals surface area contributed by atoms with Crippen LogP contribution in [0.4, 0.5) is 5.82 Å². The molecule has 6 nitrogen and oxygen atoms in total. The number of anilines is 1. The van der Waals surface area contributed by atoms with Crippen LogP contribution in [0, 0.1) is 11.3 Å². The lowest BCUT2D eigenvalue weighted by molar-refractivity contribution is -0.121. The Hall–Kier alpha value is -2.16. The summed E-state index contributed by atoms with van der Waals surface area (Å²) in [5.74, 6) is 0.571. The third-order valence-corrected chi connectivity index (χ3v) is 2.66. The van der Waals surface area contributed by atoms with Crippen molar-refractivity contribution in [2.75, 3.05) is 11.9 Å². The van der Waals surface area contributed by atoms with E-state index in [0.29, 0.717) is 36.8 Å². The first-order valence-electron chi connectivity index (χ1n) is 6.04. The largest absolute Gasteiger partial charge is 0.367 e. The fourth-order valence-corrected chi connectivity index (χ4v) is 1.54. The quantitative estimate of drug-likeness (QED) is 0.724. The van der Waals surface area contributed by atoms with Gasteiger partial charge in [0.1, 0.15) is 6.07 Å². The molecular formula is C12H15N5O. The number of amides is 1. The van der Waals surface area contributed by atoms with Crippen molar-refractivity contribution >= 4 is 11.7 Å². The fourth-order valence-electron chi connectivity index (χ4n) is 1.54. The van der Waals surface area contributed by atoms with Crippen LogP contribution in [-0.2, 0) is 4.79 Å². The molecule has 0 aromatic carbocycles. The Morgan fingerprint density at radius 2 is 2.39 bits per heavy atom. The highest BCUT2D eigenvalue weighted by Gasteiger charge is 2.22. The van der Waals surface area contributed by atoms with Crippen molar-refractivity contribution in [2.24, 2.45) is 0 Å². The van der Waals surface area contributed by atoms with Crippen LogP contribution in [0.15, 0.2) is 12.3 Å². The Bertz CT molecular complexity index is 464. The van der Waals surface area contributed by atoms with Crippen molar-refractivity contribution in [1.29, 1.82) is 5.26 Å². The van der Waals surface area contributed by atoms with Gasteiger partial charge in [-0.25, -0.2) is 0 Å². The summed E-state index contributed by atoms with van der Waals surface area (Å²) >= 11 is 0. The lowest BCUT2D eigenvalue weighted by atomic mass is 10.2. The standard InChI is InChI=1S/C12H15N5O/c13-8-9-5-7-15-17-12(9)14-6-1-2-11(18)16-10-3-4-10/h5,7,10H,1-4,6H2,(H,14,17)(H,16,18). The highest BCUT2D eigenvalue weighted by molar-refractivity contribution is 5.76. The summed E-state index contributed by atoms with van der Waals surface area (Å²) in [6, 6.07) is 4.05.